The topological polar surface area (TPSA) is 0 Å². The van der Waals surface area contributed by atoms with Crippen LogP contribution in [0.1, 0.15) is 0 Å². The highest BCUT2D eigenvalue weighted by Gasteiger charge is 2.02. The minimum Gasteiger partial charge on any atom is -0.103 e. The summed E-state index contributed by atoms with van der Waals surface area (Å²) >= 11 is 0. The maximum atomic E-state index is 3.81. The maximum Gasteiger partial charge on any atom is 0.0592 e. The van der Waals surface area contributed by atoms with Gasteiger partial charge in [0.25, 0.3) is 0 Å². The molecule has 0 aliphatic rings. The summed E-state index contributed by atoms with van der Waals surface area (Å²) in [6.45, 7) is 3.81. The molecular formula is C15H16Si. The van der Waals surface area contributed by atoms with Gasteiger partial charge in [-0.1, -0.05) is 65.9 Å². The van der Waals surface area contributed by atoms with Crippen LogP contribution >= 0.6 is 0 Å². The van der Waals surface area contributed by atoms with Crippen LogP contribution in [0.25, 0.3) is 11.1 Å². The van der Waals surface area contributed by atoms with E-state index in [1.807, 2.05) is 6.08 Å². The number of benzene rings is 2. The van der Waals surface area contributed by atoms with Crippen molar-refractivity contribution >= 4 is 14.7 Å². The smallest absolute Gasteiger partial charge is 0.0592 e. The highest BCUT2D eigenvalue weighted by Crippen LogP contribution is 2.16. The zero-order valence-corrected chi connectivity index (χ0v) is 10.8. The molecule has 0 aromatic heterocycles. The van der Waals surface area contributed by atoms with Crippen molar-refractivity contribution < 1.29 is 0 Å². The molecular weight excluding hydrogens is 208 g/mol. The lowest BCUT2D eigenvalue weighted by Crippen LogP contribution is -2.15. The van der Waals surface area contributed by atoms with Crippen molar-refractivity contribution in [3.05, 3.63) is 67.3 Å². The van der Waals surface area contributed by atoms with Crippen molar-refractivity contribution in [2.75, 3.05) is 0 Å². The lowest BCUT2D eigenvalue weighted by atomic mass is 10.1. The highest BCUT2D eigenvalue weighted by atomic mass is 28.2. The second-order valence-corrected chi connectivity index (χ2v) is 5.69. The van der Waals surface area contributed by atoms with E-state index in [4.69, 9.17) is 0 Å². The van der Waals surface area contributed by atoms with E-state index in [-0.39, 0.29) is 9.52 Å². The number of rotatable bonds is 4. The normalized spacial score (nSPS) is 10.8. The molecule has 80 valence electrons. The van der Waals surface area contributed by atoms with E-state index in [1.165, 1.54) is 22.4 Å². The largest absolute Gasteiger partial charge is 0.103 e. The summed E-state index contributed by atoms with van der Waals surface area (Å²) in [6.07, 6.45) is 2.04. The Kier molecular flexibility index (Phi) is 3.73. The first-order chi connectivity index (χ1) is 7.92. The van der Waals surface area contributed by atoms with Gasteiger partial charge in [0.2, 0.25) is 0 Å². The molecule has 0 N–H and O–H groups in total. The summed E-state index contributed by atoms with van der Waals surface area (Å²) in [5.74, 6) is 0. The van der Waals surface area contributed by atoms with Crippen LogP contribution in [0.15, 0.2) is 67.3 Å². The van der Waals surface area contributed by atoms with Gasteiger partial charge in [0.15, 0.2) is 0 Å². The van der Waals surface area contributed by atoms with Crippen molar-refractivity contribution in [1.29, 1.82) is 0 Å². The van der Waals surface area contributed by atoms with Crippen LogP contribution in [-0.2, 0) is 0 Å². The van der Waals surface area contributed by atoms with Gasteiger partial charge in [-0.3, -0.25) is 0 Å². The second-order valence-electron chi connectivity index (χ2n) is 3.85. The molecule has 2 rings (SSSR count). The Morgan fingerprint density at radius 1 is 0.938 bits per heavy atom. The highest BCUT2D eigenvalue weighted by molar-refractivity contribution is 6.55. The van der Waals surface area contributed by atoms with Gasteiger partial charge in [0, 0.05) is 0 Å². The zero-order chi connectivity index (χ0) is 11.2. The Bertz CT molecular complexity index is 460. The molecule has 0 saturated carbocycles. The number of hydrogen-bond donors (Lipinski definition) is 0. The van der Waals surface area contributed by atoms with Crippen molar-refractivity contribution in [2.45, 2.75) is 6.04 Å². The first-order valence-electron chi connectivity index (χ1n) is 5.66. The van der Waals surface area contributed by atoms with Gasteiger partial charge in [-0.2, -0.15) is 0 Å². The lowest BCUT2D eigenvalue weighted by molar-refractivity contribution is 1.63. The average Bonchev–Trinajstić information content (AvgIpc) is 2.38. The van der Waals surface area contributed by atoms with E-state index in [2.05, 4.69) is 61.2 Å². The van der Waals surface area contributed by atoms with Crippen LogP contribution in [0.2, 0.25) is 6.04 Å². The molecule has 16 heavy (non-hydrogen) atoms. The van der Waals surface area contributed by atoms with Crippen LogP contribution in [0, 0.1) is 0 Å². The second kappa shape index (κ2) is 5.47. The molecule has 0 amide bonds. The van der Waals surface area contributed by atoms with Gasteiger partial charge in [-0.15, -0.1) is 6.58 Å². The molecule has 2 aromatic carbocycles. The minimum atomic E-state index is -0.202. The van der Waals surface area contributed by atoms with Crippen LogP contribution in [-0.4, -0.2) is 9.52 Å². The Balaban J connectivity index is 2.36. The van der Waals surface area contributed by atoms with E-state index in [9.17, 15) is 0 Å². The molecule has 0 unspecified atom stereocenters. The zero-order valence-electron chi connectivity index (χ0n) is 9.39. The van der Waals surface area contributed by atoms with E-state index in [0.717, 1.165) is 0 Å². The third kappa shape index (κ3) is 2.50. The van der Waals surface area contributed by atoms with Gasteiger partial charge < -0.3 is 0 Å². The van der Waals surface area contributed by atoms with Gasteiger partial charge >= 0.3 is 0 Å². The quantitative estimate of drug-likeness (QED) is 0.553. The Hall–Kier alpha value is -1.60. The van der Waals surface area contributed by atoms with Gasteiger partial charge in [0.05, 0.1) is 9.52 Å². The Labute approximate surface area is 99.5 Å². The molecule has 0 saturated heterocycles. The SMILES string of the molecule is C=CC[SiH2]c1ccccc1-c1ccccc1. The average molecular weight is 224 g/mol. The molecule has 0 atom stereocenters. The van der Waals surface area contributed by atoms with Gasteiger partial charge in [-0.25, -0.2) is 0 Å². The predicted octanol–water partition coefficient (Wildman–Crippen LogP) is 2.75. The van der Waals surface area contributed by atoms with E-state index in [1.54, 1.807) is 0 Å². The predicted molar refractivity (Wildman–Crippen MR) is 75.1 cm³/mol. The van der Waals surface area contributed by atoms with E-state index in [0.29, 0.717) is 0 Å². The van der Waals surface area contributed by atoms with Crippen LogP contribution < -0.4 is 5.19 Å². The fraction of sp³-hybridized carbons (Fsp3) is 0.0667. The summed E-state index contributed by atoms with van der Waals surface area (Å²) in [7, 11) is -0.202. The summed E-state index contributed by atoms with van der Waals surface area (Å²) in [5, 5.41) is 1.54. The number of allylic oxidation sites excluding steroid dienone is 1. The first kappa shape index (κ1) is 10.9. The fourth-order valence-electron chi connectivity index (χ4n) is 1.90. The third-order valence-corrected chi connectivity index (χ3v) is 4.57. The monoisotopic (exact) mass is 224 g/mol. The van der Waals surface area contributed by atoms with E-state index < -0.39 is 0 Å². The number of hydrogen-bond acceptors (Lipinski definition) is 0. The molecule has 0 radical (unpaired) electrons. The summed E-state index contributed by atoms with van der Waals surface area (Å²) in [6, 6.07) is 20.5. The van der Waals surface area contributed by atoms with Crippen molar-refractivity contribution in [3.63, 3.8) is 0 Å². The summed E-state index contributed by atoms with van der Waals surface area (Å²) in [5.41, 5.74) is 2.73. The van der Waals surface area contributed by atoms with Crippen molar-refractivity contribution in [1.82, 2.24) is 0 Å². The fourth-order valence-corrected chi connectivity index (χ4v) is 3.30. The summed E-state index contributed by atoms with van der Waals surface area (Å²) < 4.78 is 0. The molecule has 1 heteroatoms. The van der Waals surface area contributed by atoms with Crippen LogP contribution in [0.3, 0.4) is 0 Å². The van der Waals surface area contributed by atoms with Crippen LogP contribution in [0.4, 0.5) is 0 Å². The van der Waals surface area contributed by atoms with Gasteiger partial charge in [0.1, 0.15) is 0 Å². The van der Waals surface area contributed by atoms with Gasteiger partial charge in [-0.05, 0) is 17.2 Å². The Morgan fingerprint density at radius 3 is 2.38 bits per heavy atom. The minimum absolute atomic E-state index is 0.202. The van der Waals surface area contributed by atoms with Crippen LogP contribution in [0.5, 0.6) is 0 Å². The first-order valence-corrected chi connectivity index (χ1v) is 7.37. The van der Waals surface area contributed by atoms with E-state index >= 15 is 0 Å². The Morgan fingerprint density at radius 2 is 1.62 bits per heavy atom. The third-order valence-electron chi connectivity index (χ3n) is 2.72. The van der Waals surface area contributed by atoms with Crippen molar-refractivity contribution in [3.8, 4) is 11.1 Å². The van der Waals surface area contributed by atoms with Crippen molar-refractivity contribution in [2.24, 2.45) is 0 Å². The molecule has 0 aliphatic heterocycles. The molecule has 0 fully saturated rings. The molecule has 2 aromatic rings. The molecule has 0 spiro atoms. The maximum absolute atomic E-state index is 3.81. The molecule has 0 bridgehead atoms. The standard InChI is InChI=1S/C15H16Si/c1-2-12-16-15-11-7-6-10-14(15)13-8-4-3-5-9-13/h2-11H,1,12,16H2. The lowest BCUT2D eigenvalue weighted by Gasteiger charge is -2.08. The summed E-state index contributed by atoms with van der Waals surface area (Å²) in [4.78, 5) is 0. The molecule has 0 heterocycles. The molecule has 0 nitrogen and oxygen atoms in total. The molecule has 0 aliphatic carbocycles.